The first-order chi connectivity index (χ1) is 5.13. The van der Waals surface area contributed by atoms with Crippen molar-refractivity contribution in [2.45, 2.75) is 20.3 Å². The van der Waals surface area contributed by atoms with Crippen molar-refractivity contribution < 1.29 is 9.90 Å². The summed E-state index contributed by atoms with van der Waals surface area (Å²) >= 11 is 4.12. The van der Waals surface area contributed by atoms with Crippen molar-refractivity contribution in [1.29, 1.82) is 0 Å². The Labute approximate surface area is 73.4 Å². The monoisotopic (exact) mass is 176 g/mol. The zero-order valence-corrected chi connectivity index (χ0v) is 7.97. The fourth-order valence-corrected chi connectivity index (χ4v) is 1.50. The molecule has 11 heavy (non-hydrogen) atoms. The molecule has 0 saturated heterocycles. The number of thiol groups is 1. The summed E-state index contributed by atoms with van der Waals surface area (Å²) in [7, 11) is 0. The number of aliphatic hydroxyl groups is 1. The van der Waals surface area contributed by atoms with E-state index < -0.39 is 0 Å². The Kier molecular flexibility index (Phi) is 5.60. The second-order valence-electron chi connectivity index (χ2n) is 2.85. The van der Waals surface area contributed by atoms with Gasteiger partial charge < -0.3 is 5.11 Å². The zero-order chi connectivity index (χ0) is 8.85. The van der Waals surface area contributed by atoms with Crippen molar-refractivity contribution in [2.24, 2.45) is 11.8 Å². The fraction of sp³-hybridized carbons (Fsp3) is 0.875. The average molecular weight is 176 g/mol. The number of hydrogen-bond donors (Lipinski definition) is 2. The summed E-state index contributed by atoms with van der Waals surface area (Å²) < 4.78 is 0. The van der Waals surface area contributed by atoms with Crippen molar-refractivity contribution in [1.82, 2.24) is 0 Å². The Bertz CT molecular complexity index is 125. The van der Waals surface area contributed by atoms with Crippen LogP contribution < -0.4 is 0 Å². The van der Waals surface area contributed by atoms with Gasteiger partial charge in [0.2, 0.25) is 0 Å². The molecule has 1 N–H and O–H groups in total. The predicted molar refractivity (Wildman–Crippen MR) is 48.9 cm³/mol. The molecule has 2 unspecified atom stereocenters. The molecule has 0 aliphatic rings. The number of hydrogen-bond acceptors (Lipinski definition) is 3. The molecule has 0 radical (unpaired) electrons. The summed E-state index contributed by atoms with van der Waals surface area (Å²) in [5.74, 6) is 1.10. The van der Waals surface area contributed by atoms with E-state index in [1.54, 1.807) is 6.92 Å². The normalized spacial score (nSPS) is 16.0. The molecule has 3 heteroatoms. The quantitative estimate of drug-likeness (QED) is 0.616. The summed E-state index contributed by atoms with van der Waals surface area (Å²) in [5, 5.41) is 8.65. The largest absolute Gasteiger partial charge is 0.396 e. The first-order valence-electron chi connectivity index (χ1n) is 3.85. The van der Waals surface area contributed by atoms with Crippen LogP contribution in [-0.2, 0) is 4.79 Å². The third-order valence-electron chi connectivity index (χ3n) is 2.08. The van der Waals surface area contributed by atoms with E-state index in [9.17, 15) is 4.79 Å². The highest BCUT2D eigenvalue weighted by Crippen LogP contribution is 2.17. The van der Waals surface area contributed by atoms with Crippen molar-refractivity contribution in [3.05, 3.63) is 0 Å². The van der Waals surface area contributed by atoms with Gasteiger partial charge in [-0.05, 0) is 25.0 Å². The van der Waals surface area contributed by atoms with Gasteiger partial charge in [0.15, 0.2) is 0 Å². The molecule has 66 valence electrons. The fourth-order valence-electron chi connectivity index (χ4n) is 0.997. The Morgan fingerprint density at radius 3 is 2.45 bits per heavy atom. The Morgan fingerprint density at radius 2 is 2.18 bits per heavy atom. The highest BCUT2D eigenvalue weighted by atomic mass is 32.1. The number of carbonyl (C=O) groups excluding carboxylic acids is 1. The standard InChI is InChI=1S/C8H16O2S/c1-6(7(2)10)8(5-11)3-4-9/h6,8-9,11H,3-5H2,1-2H3. The Morgan fingerprint density at radius 1 is 1.64 bits per heavy atom. The van der Waals surface area contributed by atoms with Crippen LogP contribution in [0.4, 0.5) is 0 Å². The lowest BCUT2D eigenvalue weighted by atomic mass is 9.90. The molecule has 0 saturated carbocycles. The number of Topliss-reactive ketones (excluding diaryl/α,β-unsaturated/α-hetero) is 1. The second-order valence-corrected chi connectivity index (χ2v) is 3.22. The first kappa shape index (κ1) is 11.0. The molecule has 2 nitrogen and oxygen atoms in total. The van der Waals surface area contributed by atoms with Crippen molar-refractivity contribution in [3.8, 4) is 0 Å². The van der Waals surface area contributed by atoms with Gasteiger partial charge in [0.05, 0.1) is 0 Å². The lowest BCUT2D eigenvalue weighted by Crippen LogP contribution is -2.21. The van der Waals surface area contributed by atoms with Crippen LogP contribution in [0.25, 0.3) is 0 Å². The van der Waals surface area contributed by atoms with Gasteiger partial charge in [0.1, 0.15) is 5.78 Å². The molecule has 0 spiro atoms. The van der Waals surface area contributed by atoms with Crippen molar-refractivity contribution >= 4 is 18.4 Å². The van der Waals surface area contributed by atoms with E-state index in [-0.39, 0.29) is 24.2 Å². The van der Waals surface area contributed by atoms with Crippen molar-refractivity contribution in [3.63, 3.8) is 0 Å². The van der Waals surface area contributed by atoms with E-state index in [1.807, 2.05) is 6.92 Å². The van der Waals surface area contributed by atoms with Crippen LogP contribution in [0.1, 0.15) is 20.3 Å². The summed E-state index contributed by atoms with van der Waals surface area (Å²) in [5.41, 5.74) is 0. The minimum Gasteiger partial charge on any atom is -0.396 e. The molecule has 2 atom stereocenters. The van der Waals surface area contributed by atoms with E-state index >= 15 is 0 Å². The molecule has 0 bridgehead atoms. The van der Waals surface area contributed by atoms with E-state index in [0.717, 1.165) is 0 Å². The first-order valence-corrected chi connectivity index (χ1v) is 4.48. The van der Waals surface area contributed by atoms with Gasteiger partial charge in [-0.1, -0.05) is 6.92 Å². The molecular formula is C8H16O2S. The molecule has 0 rings (SSSR count). The second kappa shape index (κ2) is 5.61. The number of rotatable bonds is 5. The lowest BCUT2D eigenvalue weighted by molar-refractivity contribution is -0.121. The highest BCUT2D eigenvalue weighted by Gasteiger charge is 2.18. The maximum Gasteiger partial charge on any atom is 0.132 e. The van der Waals surface area contributed by atoms with Crippen LogP contribution in [0.15, 0.2) is 0 Å². The molecule has 0 aromatic carbocycles. The van der Waals surface area contributed by atoms with E-state index in [4.69, 9.17) is 5.11 Å². The third kappa shape index (κ3) is 3.77. The van der Waals surface area contributed by atoms with Gasteiger partial charge >= 0.3 is 0 Å². The zero-order valence-electron chi connectivity index (χ0n) is 7.08. The number of carbonyl (C=O) groups is 1. The van der Waals surface area contributed by atoms with E-state index in [0.29, 0.717) is 12.2 Å². The van der Waals surface area contributed by atoms with Crippen LogP contribution in [0.3, 0.4) is 0 Å². The molecular weight excluding hydrogens is 160 g/mol. The lowest BCUT2D eigenvalue weighted by Gasteiger charge is -2.18. The molecule has 0 aromatic heterocycles. The average Bonchev–Trinajstić information content (AvgIpc) is 1.98. The van der Waals surface area contributed by atoms with Gasteiger partial charge in [-0.3, -0.25) is 4.79 Å². The summed E-state index contributed by atoms with van der Waals surface area (Å²) in [6.45, 7) is 3.61. The van der Waals surface area contributed by atoms with Crippen LogP contribution in [0, 0.1) is 11.8 Å². The minimum absolute atomic E-state index is 0.0275. The molecule has 0 aliphatic heterocycles. The van der Waals surface area contributed by atoms with E-state index in [1.165, 1.54) is 0 Å². The van der Waals surface area contributed by atoms with Crippen LogP contribution in [-0.4, -0.2) is 23.2 Å². The predicted octanol–water partition coefficient (Wildman–Crippen LogP) is 1.14. The van der Waals surface area contributed by atoms with Crippen molar-refractivity contribution in [2.75, 3.05) is 12.4 Å². The summed E-state index contributed by atoms with van der Waals surface area (Å²) in [6, 6.07) is 0. The van der Waals surface area contributed by atoms with Crippen LogP contribution >= 0.6 is 12.6 Å². The minimum atomic E-state index is 0.0275. The number of aliphatic hydroxyl groups excluding tert-OH is 1. The molecule has 0 amide bonds. The van der Waals surface area contributed by atoms with Gasteiger partial charge in [-0.15, -0.1) is 0 Å². The van der Waals surface area contributed by atoms with E-state index in [2.05, 4.69) is 12.6 Å². The third-order valence-corrected chi connectivity index (χ3v) is 2.55. The van der Waals surface area contributed by atoms with Gasteiger partial charge in [-0.2, -0.15) is 12.6 Å². The van der Waals surface area contributed by atoms with Gasteiger partial charge in [0.25, 0.3) is 0 Å². The SMILES string of the molecule is CC(=O)C(C)C(CS)CCO. The summed E-state index contributed by atoms with van der Waals surface area (Å²) in [6.07, 6.45) is 0.671. The highest BCUT2D eigenvalue weighted by molar-refractivity contribution is 7.80. The van der Waals surface area contributed by atoms with Gasteiger partial charge in [0, 0.05) is 12.5 Å². The number of ketones is 1. The maximum absolute atomic E-state index is 10.9. The molecule has 0 fully saturated rings. The smallest absolute Gasteiger partial charge is 0.132 e. The topological polar surface area (TPSA) is 37.3 Å². The Balaban J connectivity index is 3.91. The Hall–Kier alpha value is -0.0200. The maximum atomic E-state index is 10.9. The van der Waals surface area contributed by atoms with Crippen LogP contribution in [0.2, 0.25) is 0 Å². The summed E-state index contributed by atoms with van der Waals surface area (Å²) in [4.78, 5) is 10.9. The molecule has 0 aromatic rings. The van der Waals surface area contributed by atoms with Crippen LogP contribution in [0.5, 0.6) is 0 Å². The molecule has 0 aliphatic carbocycles. The van der Waals surface area contributed by atoms with Gasteiger partial charge in [-0.25, -0.2) is 0 Å². The molecule has 0 heterocycles.